The predicted octanol–water partition coefficient (Wildman–Crippen LogP) is 2.71. The highest BCUT2D eigenvalue weighted by molar-refractivity contribution is 5.99. The average Bonchev–Trinajstić information content (AvgIpc) is 2.67. The maximum atomic E-state index is 13.6. The Bertz CT molecular complexity index is 918. The normalized spacial score (nSPS) is 11.5. The summed E-state index contributed by atoms with van der Waals surface area (Å²) in [6.45, 7) is 3.61. The number of nitrogens with one attached hydrogen (secondary N) is 4. The summed E-state index contributed by atoms with van der Waals surface area (Å²) in [6, 6.07) is 7.31. The lowest BCUT2D eigenvalue weighted by Gasteiger charge is -2.18. The molecule has 9 heteroatoms. The van der Waals surface area contributed by atoms with Crippen molar-refractivity contribution in [3.63, 3.8) is 0 Å². The number of amides is 4. The monoisotopic (exact) mass is 404 g/mol. The molecule has 0 aliphatic heterocycles. The molecule has 1 unspecified atom stereocenters. The molecule has 4 N–H and O–H groups in total. The van der Waals surface area contributed by atoms with Crippen molar-refractivity contribution in [1.29, 1.82) is 0 Å². The second-order valence-corrected chi connectivity index (χ2v) is 6.53. The highest BCUT2D eigenvalue weighted by atomic mass is 19.2. The van der Waals surface area contributed by atoms with Gasteiger partial charge in [0.15, 0.2) is 11.6 Å². The molecule has 154 valence electrons. The first-order valence-corrected chi connectivity index (χ1v) is 8.86. The molecule has 0 aromatic heterocycles. The number of benzene rings is 2. The summed E-state index contributed by atoms with van der Waals surface area (Å²) in [5, 5.41) is 10.1. The van der Waals surface area contributed by atoms with Crippen LogP contribution in [0.4, 0.5) is 19.3 Å². The van der Waals surface area contributed by atoms with E-state index in [0.717, 1.165) is 12.1 Å². The van der Waals surface area contributed by atoms with Gasteiger partial charge < -0.3 is 21.3 Å². The number of likely N-dealkylation sites (N-methyl/N-ethyl adjacent to an activating group) is 1. The second-order valence-electron chi connectivity index (χ2n) is 6.53. The summed E-state index contributed by atoms with van der Waals surface area (Å²) in [5.74, 6) is -3.42. The van der Waals surface area contributed by atoms with Gasteiger partial charge in [-0.2, -0.15) is 0 Å². The third-order valence-electron chi connectivity index (χ3n) is 3.86. The van der Waals surface area contributed by atoms with Gasteiger partial charge >= 0.3 is 6.03 Å². The molecule has 29 heavy (non-hydrogen) atoms. The van der Waals surface area contributed by atoms with Gasteiger partial charge in [0.1, 0.15) is 6.04 Å². The lowest BCUT2D eigenvalue weighted by Crippen LogP contribution is -2.39. The SMILES string of the molecule is CNC(=O)C(NC(=O)c1cccc(NC(=O)NC(C)C)c1)c1ccc(F)c(F)c1. The standard InChI is InChI=1S/C20H22F2N4O3/c1-11(2)24-20(29)25-14-6-4-5-13(9-14)18(27)26-17(19(28)23-3)12-7-8-15(21)16(22)10-12/h4-11,17H,1-3H3,(H,23,28)(H,26,27)(H2,24,25,29). The minimum absolute atomic E-state index is 0.0640. The van der Waals surface area contributed by atoms with Crippen LogP contribution in [0.3, 0.4) is 0 Å². The van der Waals surface area contributed by atoms with E-state index >= 15 is 0 Å². The maximum absolute atomic E-state index is 13.6. The lowest BCUT2D eigenvalue weighted by molar-refractivity contribution is -0.122. The fraction of sp³-hybridized carbons (Fsp3) is 0.250. The van der Waals surface area contributed by atoms with E-state index in [1.165, 1.54) is 25.2 Å². The van der Waals surface area contributed by atoms with E-state index in [4.69, 9.17) is 0 Å². The number of anilines is 1. The predicted molar refractivity (Wildman–Crippen MR) is 104 cm³/mol. The zero-order valence-corrected chi connectivity index (χ0v) is 16.2. The van der Waals surface area contributed by atoms with Gasteiger partial charge in [0.2, 0.25) is 5.91 Å². The van der Waals surface area contributed by atoms with Gasteiger partial charge in [-0.3, -0.25) is 9.59 Å². The molecule has 0 radical (unpaired) electrons. The highest BCUT2D eigenvalue weighted by Crippen LogP contribution is 2.18. The molecule has 0 fully saturated rings. The number of urea groups is 1. The summed E-state index contributed by atoms with van der Waals surface area (Å²) in [6.07, 6.45) is 0. The number of halogens is 2. The Balaban J connectivity index is 2.21. The third-order valence-corrected chi connectivity index (χ3v) is 3.86. The number of carbonyl (C=O) groups is 3. The summed E-state index contributed by atoms with van der Waals surface area (Å²) in [7, 11) is 1.36. The van der Waals surface area contributed by atoms with Crippen LogP contribution in [0.1, 0.15) is 35.8 Å². The van der Waals surface area contributed by atoms with Gasteiger partial charge in [0, 0.05) is 24.3 Å². The average molecular weight is 404 g/mol. The van der Waals surface area contributed by atoms with Crippen molar-refractivity contribution in [3.05, 3.63) is 65.2 Å². The van der Waals surface area contributed by atoms with E-state index in [-0.39, 0.29) is 17.2 Å². The zero-order chi connectivity index (χ0) is 21.6. The van der Waals surface area contributed by atoms with E-state index in [2.05, 4.69) is 21.3 Å². The molecule has 4 amide bonds. The van der Waals surface area contributed by atoms with Gasteiger partial charge in [0.05, 0.1) is 0 Å². The molecule has 2 rings (SSSR count). The van der Waals surface area contributed by atoms with Crippen molar-refractivity contribution in [3.8, 4) is 0 Å². The Kier molecular flexibility index (Phi) is 7.24. The highest BCUT2D eigenvalue weighted by Gasteiger charge is 2.23. The molecular formula is C20H22F2N4O3. The van der Waals surface area contributed by atoms with Crippen molar-refractivity contribution in [2.75, 3.05) is 12.4 Å². The minimum atomic E-state index is -1.23. The van der Waals surface area contributed by atoms with Crippen molar-refractivity contribution < 1.29 is 23.2 Å². The van der Waals surface area contributed by atoms with Crippen LogP contribution < -0.4 is 21.3 Å². The first kappa shape index (κ1) is 21.8. The second kappa shape index (κ2) is 9.63. The van der Waals surface area contributed by atoms with Crippen LogP contribution in [-0.4, -0.2) is 30.9 Å². The first-order valence-electron chi connectivity index (χ1n) is 8.86. The molecule has 0 spiro atoms. The minimum Gasteiger partial charge on any atom is -0.357 e. The van der Waals surface area contributed by atoms with Gasteiger partial charge in [-0.15, -0.1) is 0 Å². The number of carbonyl (C=O) groups excluding carboxylic acids is 3. The Morgan fingerprint density at radius 3 is 2.28 bits per heavy atom. The summed E-state index contributed by atoms with van der Waals surface area (Å²) < 4.78 is 26.8. The molecule has 7 nitrogen and oxygen atoms in total. The first-order chi connectivity index (χ1) is 13.7. The Morgan fingerprint density at radius 1 is 0.931 bits per heavy atom. The van der Waals surface area contributed by atoms with Gasteiger partial charge in [0.25, 0.3) is 5.91 Å². The molecule has 0 heterocycles. The molecule has 2 aromatic rings. The van der Waals surface area contributed by atoms with Crippen molar-refractivity contribution in [2.24, 2.45) is 0 Å². The van der Waals surface area contributed by atoms with Crippen molar-refractivity contribution in [2.45, 2.75) is 25.9 Å². The fourth-order valence-electron chi connectivity index (χ4n) is 2.52. The molecule has 0 saturated heterocycles. The van der Waals surface area contributed by atoms with Gasteiger partial charge in [-0.25, -0.2) is 13.6 Å². The molecule has 0 aliphatic carbocycles. The third kappa shape index (κ3) is 6.00. The Labute approximate surface area is 166 Å². The molecule has 1 atom stereocenters. The van der Waals surface area contributed by atoms with Crippen molar-refractivity contribution in [1.82, 2.24) is 16.0 Å². The van der Waals surface area contributed by atoms with Crippen LogP contribution in [0.15, 0.2) is 42.5 Å². The summed E-state index contributed by atoms with van der Waals surface area (Å²) >= 11 is 0. The molecule has 0 bridgehead atoms. The van der Waals surface area contributed by atoms with E-state index in [0.29, 0.717) is 5.69 Å². The molecule has 2 aromatic carbocycles. The van der Waals surface area contributed by atoms with Gasteiger partial charge in [-0.1, -0.05) is 12.1 Å². The quantitative estimate of drug-likeness (QED) is 0.596. The van der Waals surface area contributed by atoms with E-state index < -0.39 is 35.5 Å². The number of hydrogen-bond donors (Lipinski definition) is 4. The zero-order valence-electron chi connectivity index (χ0n) is 16.2. The van der Waals surface area contributed by atoms with Gasteiger partial charge in [-0.05, 0) is 49.7 Å². The smallest absolute Gasteiger partial charge is 0.319 e. The van der Waals surface area contributed by atoms with E-state index in [1.54, 1.807) is 26.0 Å². The lowest BCUT2D eigenvalue weighted by atomic mass is 10.0. The summed E-state index contributed by atoms with van der Waals surface area (Å²) in [4.78, 5) is 36.6. The Morgan fingerprint density at radius 2 is 1.66 bits per heavy atom. The van der Waals surface area contributed by atoms with Crippen molar-refractivity contribution >= 4 is 23.5 Å². The van der Waals surface area contributed by atoms with Crippen LogP contribution in [0.25, 0.3) is 0 Å². The van der Waals surface area contributed by atoms with Crippen LogP contribution in [0, 0.1) is 11.6 Å². The molecule has 0 aliphatic rings. The largest absolute Gasteiger partial charge is 0.357 e. The fourth-order valence-corrected chi connectivity index (χ4v) is 2.52. The van der Waals surface area contributed by atoms with E-state index in [9.17, 15) is 23.2 Å². The topological polar surface area (TPSA) is 99.3 Å². The molecular weight excluding hydrogens is 382 g/mol. The Hall–Kier alpha value is -3.49. The molecule has 0 saturated carbocycles. The maximum Gasteiger partial charge on any atom is 0.319 e. The van der Waals surface area contributed by atoms with Crippen LogP contribution >= 0.6 is 0 Å². The van der Waals surface area contributed by atoms with Crippen LogP contribution in [0.5, 0.6) is 0 Å². The number of hydrogen-bond acceptors (Lipinski definition) is 3. The number of rotatable bonds is 6. The van der Waals surface area contributed by atoms with Crippen LogP contribution in [-0.2, 0) is 4.79 Å². The van der Waals surface area contributed by atoms with Crippen LogP contribution in [0.2, 0.25) is 0 Å². The summed E-state index contributed by atoms with van der Waals surface area (Å²) in [5.41, 5.74) is 0.631. The van der Waals surface area contributed by atoms with E-state index in [1.807, 2.05) is 0 Å².